The van der Waals surface area contributed by atoms with Crippen molar-refractivity contribution in [2.75, 3.05) is 112 Å². The first-order valence-corrected chi connectivity index (χ1v) is 28.2. The third-order valence-corrected chi connectivity index (χ3v) is 17.8. The van der Waals surface area contributed by atoms with Gasteiger partial charge in [0.2, 0.25) is 23.6 Å². The SMILES string of the molecule is CC1(C)CCN(Cc2cc(F)c(N3CC(=O)NC4(CCN(c5cc(NCC6CCN(C(=O)C(C)(C)CC(C)(C)CN7CCN(c8cccc9c8C(=O)N(C8CCC(=O)NC8=O)C9=O)CC7)CC6)ncn5)CC4)C3)cc2F)CC1. The molecule has 6 amide bonds. The maximum absolute atomic E-state index is 15.8. The maximum Gasteiger partial charge on any atom is 0.264 e. The second kappa shape index (κ2) is 21.7. The van der Waals surface area contributed by atoms with Gasteiger partial charge in [-0.1, -0.05) is 47.6 Å². The molecule has 8 heterocycles. The van der Waals surface area contributed by atoms with Crippen molar-refractivity contribution in [2.24, 2.45) is 22.2 Å². The molecule has 18 nitrogen and oxygen atoms in total. The first-order chi connectivity index (χ1) is 37.0. The van der Waals surface area contributed by atoms with Gasteiger partial charge in [0.05, 0.1) is 34.6 Å². The highest BCUT2D eigenvalue weighted by molar-refractivity contribution is 6.25. The van der Waals surface area contributed by atoms with Crippen molar-refractivity contribution in [3.8, 4) is 0 Å². The van der Waals surface area contributed by atoms with Crippen LogP contribution in [0.2, 0.25) is 0 Å². The minimum Gasteiger partial charge on any atom is -0.370 e. The zero-order valence-corrected chi connectivity index (χ0v) is 46.4. The topological polar surface area (TPSA) is 187 Å². The van der Waals surface area contributed by atoms with Gasteiger partial charge in [-0.15, -0.1) is 0 Å². The van der Waals surface area contributed by atoms with Gasteiger partial charge in [0.25, 0.3) is 11.8 Å². The van der Waals surface area contributed by atoms with E-state index in [-0.39, 0.29) is 53.3 Å². The van der Waals surface area contributed by atoms with E-state index in [0.29, 0.717) is 101 Å². The number of benzene rings is 2. The molecular weight excluding hydrogens is 999 g/mol. The summed E-state index contributed by atoms with van der Waals surface area (Å²) in [5.74, 6) is -1.18. The molecule has 6 fully saturated rings. The van der Waals surface area contributed by atoms with Gasteiger partial charge in [0.1, 0.15) is 35.6 Å². The molecule has 0 bridgehead atoms. The lowest BCUT2D eigenvalue weighted by Crippen LogP contribution is -2.66. The van der Waals surface area contributed by atoms with Gasteiger partial charge in [0, 0.05) is 108 Å². The van der Waals surface area contributed by atoms with E-state index in [2.05, 4.69) is 87.1 Å². The summed E-state index contributed by atoms with van der Waals surface area (Å²) < 4.78 is 31.3. The lowest BCUT2D eigenvalue weighted by molar-refractivity contribution is -0.143. The van der Waals surface area contributed by atoms with Crippen LogP contribution >= 0.6 is 0 Å². The minimum absolute atomic E-state index is 0.0343. The van der Waals surface area contributed by atoms with Crippen LogP contribution in [0.15, 0.2) is 42.7 Å². The van der Waals surface area contributed by atoms with Crippen LogP contribution in [0.25, 0.3) is 0 Å². The molecule has 20 heteroatoms. The Labute approximate surface area is 457 Å². The highest BCUT2D eigenvalue weighted by atomic mass is 19.1. The summed E-state index contributed by atoms with van der Waals surface area (Å²) in [7, 11) is 0. The predicted molar refractivity (Wildman–Crippen MR) is 293 cm³/mol. The number of piperidine rings is 4. The average Bonchev–Trinajstić information content (AvgIpc) is 3.85. The van der Waals surface area contributed by atoms with Crippen molar-refractivity contribution in [1.82, 2.24) is 40.2 Å². The van der Waals surface area contributed by atoms with Crippen LogP contribution in [0.5, 0.6) is 0 Å². The summed E-state index contributed by atoms with van der Waals surface area (Å²) in [5, 5.41) is 9.01. The molecule has 0 radical (unpaired) electrons. The quantitative estimate of drug-likeness (QED) is 0.168. The molecule has 1 spiro atoms. The zero-order chi connectivity index (χ0) is 55.3. The molecule has 0 saturated carbocycles. The van der Waals surface area contributed by atoms with Gasteiger partial charge in [0.15, 0.2) is 0 Å². The standard InChI is InChI=1S/C58H78F2N12O6/c1-55(2)14-20-66(21-15-55)32-39-28-42(60)45(29-41(39)59)71-33-49(74)65-58(36-71)16-22-69(23-17-58)47-30-46(62-37-63-47)61-31-38-12-18-70(19-13-38)54(78)57(5,6)34-56(3,4)35-67-24-26-68(27-25-67)43-9-7-8-40-50(43)53(77)72(52(40)76)44-10-11-48(73)64-51(44)75/h7-9,28-30,37-38,44H,10-27,31-36H2,1-6H3,(H,65,74)(H,61,62,63)(H,64,73,75). The molecule has 7 aliphatic rings. The first-order valence-electron chi connectivity index (χ1n) is 28.2. The Balaban J connectivity index is 0.659. The number of likely N-dealkylation sites (tertiary alicyclic amines) is 2. The van der Waals surface area contributed by atoms with E-state index in [1.54, 1.807) is 23.4 Å². The van der Waals surface area contributed by atoms with Crippen LogP contribution in [-0.2, 0) is 25.7 Å². The molecule has 6 saturated heterocycles. The molecule has 1 atom stereocenters. The van der Waals surface area contributed by atoms with Crippen molar-refractivity contribution >= 4 is 58.5 Å². The van der Waals surface area contributed by atoms with E-state index < -0.39 is 52.3 Å². The fourth-order valence-electron chi connectivity index (χ4n) is 13.6. The van der Waals surface area contributed by atoms with E-state index in [1.165, 1.54) is 12.1 Å². The van der Waals surface area contributed by atoms with Crippen LogP contribution in [0, 0.1) is 33.8 Å². The van der Waals surface area contributed by atoms with Crippen LogP contribution in [0.3, 0.4) is 0 Å². The fourth-order valence-corrected chi connectivity index (χ4v) is 13.6. The largest absolute Gasteiger partial charge is 0.370 e. The number of carbonyl (C=O) groups is 6. The molecule has 0 aliphatic carbocycles. The van der Waals surface area contributed by atoms with Crippen LogP contribution in [-0.4, -0.2) is 168 Å². The van der Waals surface area contributed by atoms with Gasteiger partial charge < -0.3 is 30.2 Å². The van der Waals surface area contributed by atoms with E-state index in [4.69, 9.17) is 0 Å². The van der Waals surface area contributed by atoms with Gasteiger partial charge in [-0.2, -0.15) is 0 Å². The number of carbonyl (C=O) groups excluding carboxylic acids is 6. The highest BCUT2D eigenvalue weighted by Gasteiger charge is 2.47. The Bertz CT molecular complexity index is 2810. The van der Waals surface area contributed by atoms with Gasteiger partial charge in [-0.3, -0.25) is 48.8 Å². The lowest BCUT2D eigenvalue weighted by atomic mass is 9.73. The Kier molecular flexibility index (Phi) is 15.4. The van der Waals surface area contributed by atoms with Crippen molar-refractivity contribution < 1.29 is 37.5 Å². The number of hydrogen-bond acceptors (Lipinski definition) is 14. The zero-order valence-electron chi connectivity index (χ0n) is 46.4. The number of piperazine rings is 2. The fraction of sp³-hybridized carbons (Fsp3) is 0.621. The third-order valence-electron chi connectivity index (χ3n) is 17.8. The number of nitrogens with one attached hydrogen (secondary N) is 3. The Morgan fingerprint density at radius 1 is 0.756 bits per heavy atom. The summed E-state index contributed by atoms with van der Waals surface area (Å²) in [4.78, 5) is 102. The number of aromatic nitrogens is 2. The van der Waals surface area contributed by atoms with Crippen molar-refractivity contribution in [2.45, 2.75) is 117 Å². The van der Waals surface area contributed by atoms with Gasteiger partial charge in [-0.25, -0.2) is 18.7 Å². The Morgan fingerprint density at radius 2 is 1.47 bits per heavy atom. The van der Waals surface area contributed by atoms with Crippen LogP contribution in [0.4, 0.5) is 31.8 Å². The number of anilines is 4. The molecule has 10 rings (SSSR count). The van der Waals surface area contributed by atoms with E-state index in [1.807, 2.05) is 17.0 Å². The lowest BCUT2D eigenvalue weighted by Gasteiger charge is -2.48. The smallest absolute Gasteiger partial charge is 0.264 e. The first kappa shape index (κ1) is 55.1. The minimum atomic E-state index is -1.02. The van der Waals surface area contributed by atoms with E-state index in [9.17, 15) is 28.8 Å². The van der Waals surface area contributed by atoms with Crippen molar-refractivity contribution in [3.05, 3.63) is 71.1 Å². The molecule has 7 aliphatic heterocycles. The number of hydrogen-bond donors (Lipinski definition) is 3. The van der Waals surface area contributed by atoms with Crippen LogP contribution in [0.1, 0.15) is 126 Å². The normalized spacial score (nSPS) is 22.7. The van der Waals surface area contributed by atoms with E-state index in [0.717, 1.165) is 74.9 Å². The van der Waals surface area contributed by atoms with Gasteiger partial charge in [-0.05, 0) is 99.4 Å². The van der Waals surface area contributed by atoms with Crippen molar-refractivity contribution in [3.63, 3.8) is 0 Å². The second-order valence-electron chi connectivity index (χ2n) is 25.5. The summed E-state index contributed by atoms with van der Waals surface area (Å²) in [5.41, 5.74) is 0.650. The molecule has 78 heavy (non-hydrogen) atoms. The summed E-state index contributed by atoms with van der Waals surface area (Å²) >= 11 is 0. The average molecular weight is 1080 g/mol. The molecular formula is C58H78F2N12O6. The number of halogens is 2. The molecule has 1 aromatic heterocycles. The summed E-state index contributed by atoms with van der Waals surface area (Å²) in [6.07, 6.45) is 7.44. The molecule has 420 valence electrons. The highest BCUT2D eigenvalue weighted by Crippen LogP contribution is 2.40. The summed E-state index contributed by atoms with van der Waals surface area (Å²) in [6, 6.07) is 8.78. The number of amides is 6. The van der Waals surface area contributed by atoms with Crippen molar-refractivity contribution in [1.29, 1.82) is 0 Å². The monoisotopic (exact) mass is 1080 g/mol. The molecule has 3 N–H and O–H groups in total. The van der Waals surface area contributed by atoms with E-state index >= 15 is 8.78 Å². The maximum atomic E-state index is 15.8. The molecule has 2 aromatic carbocycles. The number of imide groups is 2. The number of nitrogens with zero attached hydrogens (tertiary/aromatic N) is 9. The third kappa shape index (κ3) is 11.8. The number of rotatable bonds is 14. The molecule has 3 aromatic rings. The summed E-state index contributed by atoms with van der Waals surface area (Å²) in [6.45, 7) is 22.3. The van der Waals surface area contributed by atoms with Crippen LogP contribution < -0.4 is 30.7 Å². The Hall–Kier alpha value is -6.28. The number of fused-ring (bicyclic) bond motifs is 1. The molecule has 1 unspecified atom stereocenters. The second-order valence-corrected chi connectivity index (χ2v) is 25.5. The van der Waals surface area contributed by atoms with Gasteiger partial charge >= 0.3 is 0 Å². The predicted octanol–water partition coefficient (Wildman–Crippen LogP) is 5.67. The Morgan fingerprint density at radius 3 is 2.18 bits per heavy atom.